The lowest BCUT2D eigenvalue weighted by molar-refractivity contribution is 0.451. The molecule has 0 amide bonds. The van der Waals surface area contributed by atoms with Gasteiger partial charge in [-0.3, -0.25) is 0 Å². The van der Waals surface area contributed by atoms with E-state index in [1.807, 2.05) is 24.7 Å². The Balaban J connectivity index is 2.01. The van der Waals surface area contributed by atoms with Crippen molar-refractivity contribution < 1.29 is 0 Å². The van der Waals surface area contributed by atoms with Crippen LogP contribution in [0.5, 0.6) is 0 Å². The molecule has 4 heteroatoms. The zero-order valence-electron chi connectivity index (χ0n) is 11.1. The predicted octanol–water partition coefficient (Wildman–Crippen LogP) is 3.30. The summed E-state index contributed by atoms with van der Waals surface area (Å²) in [7, 11) is 0. The lowest BCUT2D eigenvalue weighted by Gasteiger charge is -2.24. The molecule has 1 aliphatic heterocycles. The van der Waals surface area contributed by atoms with Crippen LogP contribution in [0.3, 0.4) is 0 Å². The summed E-state index contributed by atoms with van der Waals surface area (Å²) in [6.07, 6.45) is 6.32. The van der Waals surface area contributed by atoms with Crippen LogP contribution in [-0.2, 0) is 0 Å². The fourth-order valence-electron chi connectivity index (χ4n) is 2.77. The molecular formula is C15H18ClN3. The third-order valence-electron chi connectivity index (χ3n) is 3.88. The van der Waals surface area contributed by atoms with E-state index in [0.717, 1.165) is 29.4 Å². The quantitative estimate of drug-likeness (QED) is 0.911. The fourth-order valence-corrected chi connectivity index (χ4v) is 2.94. The minimum Gasteiger partial charge on any atom is -0.316 e. The molecule has 1 atom stereocenters. The third kappa shape index (κ3) is 2.40. The maximum absolute atomic E-state index is 6.22. The maximum atomic E-state index is 6.22. The van der Waals surface area contributed by atoms with Gasteiger partial charge >= 0.3 is 0 Å². The van der Waals surface area contributed by atoms with E-state index in [2.05, 4.69) is 27.9 Å². The van der Waals surface area contributed by atoms with Gasteiger partial charge in [-0.1, -0.05) is 17.7 Å². The minimum atomic E-state index is 0.537. The number of imidazole rings is 1. The van der Waals surface area contributed by atoms with E-state index in [-0.39, 0.29) is 0 Å². The van der Waals surface area contributed by atoms with Crippen LogP contribution in [0.25, 0.3) is 5.69 Å². The van der Waals surface area contributed by atoms with Gasteiger partial charge in [0.2, 0.25) is 0 Å². The Morgan fingerprint density at radius 3 is 3.11 bits per heavy atom. The average Bonchev–Trinajstić information content (AvgIpc) is 2.92. The minimum absolute atomic E-state index is 0.537. The zero-order valence-corrected chi connectivity index (χ0v) is 11.8. The molecule has 1 unspecified atom stereocenters. The van der Waals surface area contributed by atoms with Gasteiger partial charge in [0, 0.05) is 29.4 Å². The summed E-state index contributed by atoms with van der Waals surface area (Å²) in [5.41, 5.74) is 3.51. The van der Waals surface area contributed by atoms with Crippen molar-refractivity contribution in [1.82, 2.24) is 14.9 Å². The topological polar surface area (TPSA) is 29.9 Å². The summed E-state index contributed by atoms with van der Waals surface area (Å²) in [5, 5.41) is 4.27. The Labute approximate surface area is 118 Å². The molecule has 2 aromatic rings. The maximum Gasteiger partial charge on any atom is 0.0994 e. The van der Waals surface area contributed by atoms with Crippen LogP contribution in [0.2, 0.25) is 5.02 Å². The Bertz CT molecular complexity index is 571. The highest BCUT2D eigenvalue weighted by Crippen LogP contribution is 2.28. The van der Waals surface area contributed by atoms with Crippen molar-refractivity contribution in [3.05, 3.63) is 47.0 Å². The van der Waals surface area contributed by atoms with Crippen molar-refractivity contribution in [1.29, 1.82) is 0 Å². The summed E-state index contributed by atoms with van der Waals surface area (Å²) in [4.78, 5) is 4.34. The zero-order chi connectivity index (χ0) is 13.2. The molecule has 0 radical (unpaired) electrons. The Morgan fingerprint density at radius 2 is 2.32 bits per heavy atom. The highest BCUT2D eigenvalue weighted by atomic mass is 35.5. The van der Waals surface area contributed by atoms with Crippen LogP contribution in [0.1, 0.15) is 30.0 Å². The van der Waals surface area contributed by atoms with Crippen LogP contribution in [-0.4, -0.2) is 22.6 Å². The molecule has 0 bridgehead atoms. The van der Waals surface area contributed by atoms with Crippen LogP contribution < -0.4 is 5.32 Å². The molecule has 0 spiro atoms. The highest BCUT2D eigenvalue weighted by molar-refractivity contribution is 6.31. The highest BCUT2D eigenvalue weighted by Gasteiger charge is 2.20. The molecule has 1 fully saturated rings. The number of piperidine rings is 1. The Kier molecular flexibility index (Phi) is 3.58. The van der Waals surface area contributed by atoms with Gasteiger partial charge in [-0.2, -0.15) is 0 Å². The molecule has 3 nitrogen and oxygen atoms in total. The molecular weight excluding hydrogens is 258 g/mol. The second-order valence-corrected chi connectivity index (χ2v) is 5.52. The van der Waals surface area contributed by atoms with Crippen molar-refractivity contribution >= 4 is 11.6 Å². The van der Waals surface area contributed by atoms with Crippen LogP contribution >= 0.6 is 11.6 Å². The van der Waals surface area contributed by atoms with Crippen LogP contribution in [0, 0.1) is 6.92 Å². The number of rotatable bonds is 2. The van der Waals surface area contributed by atoms with Gasteiger partial charge in [-0.25, -0.2) is 4.98 Å². The largest absolute Gasteiger partial charge is 0.316 e. The lowest BCUT2D eigenvalue weighted by Crippen LogP contribution is -2.29. The molecule has 100 valence electrons. The smallest absolute Gasteiger partial charge is 0.0994 e. The number of hydrogen-bond acceptors (Lipinski definition) is 2. The molecule has 0 saturated carbocycles. The summed E-state index contributed by atoms with van der Waals surface area (Å²) in [6.45, 7) is 4.21. The van der Waals surface area contributed by atoms with Gasteiger partial charge in [-0.05, 0) is 44.0 Å². The van der Waals surface area contributed by atoms with Crippen molar-refractivity contribution in [2.24, 2.45) is 0 Å². The van der Waals surface area contributed by atoms with Gasteiger partial charge in [0.05, 0.1) is 12.0 Å². The molecule has 1 aromatic carbocycles. The molecule has 2 heterocycles. The molecule has 1 aromatic heterocycles. The fraction of sp³-hybridized carbons (Fsp3) is 0.400. The normalized spacial score (nSPS) is 19.6. The van der Waals surface area contributed by atoms with E-state index in [0.29, 0.717) is 5.92 Å². The summed E-state index contributed by atoms with van der Waals surface area (Å²) >= 11 is 6.22. The van der Waals surface area contributed by atoms with E-state index in [4.69, 9.17) is 11.6 Å². The van der Waals surface area contributed by atoms with Crippen LogP contribution in [0.4, 0.5) is 0 Å². The van der Waals surface area contributed by atoms with E-state index in [1.54, 1.807) is 0 Å². The van der Waals surface area contributed by atoms with Crippen LogP contribution in [0.15, 0.2) is 30.7 Å². The summed E-state index contributed by atoms with van der Waals surface area (Å²) in [5.74, 6) is 0.537. The molecule has 3 rings (SSSR count). The first-order valence-corrected chi connectivity index (χ1v) is 7.13. The van der Waals surface area contributed by atoms with Crippen molar-refractivity contribution in [2.45, 2.75) is 25.7 Å². The number of halogens is 1. The van der Waals surface area contributed by atoms with Gasteiger partial charge in [-0.15, -0.1) is 0 Å². The molecule has 19 heavy (non-hydrogen) atoms. The van der Waals surface area contributed by atoms with E-state index in [1.165, 1.54) is 18.5 Å². The van der Waals surface area contributed by atoms with Crippen molar-refractivity contribution in [3.63, 3.8) is 0 Å². The monoisotopic (exact) mass is 275 g/mol. The molecule has 1 N–H and O–H groups in total. The van der Waals surface area contributed by atoms with Crippen molar-refractivity contribution in [3.8, 4) is 5.69 Å². The van der Waals surface area contributed by atoms with E-state index < -0.39 is 0 Å². The van der Waals surface area contributed by atoms with Gasteiger partial charge < -0.3 is 9.88 Å². The molecule has 1 aliphatic rings. The Hall–Kier alpha value is -1.32. The van der Waals surface area contributed by atoms with Gasteiger partial charge in [0.15, 0.2) is 0 Å². The predicted molar refractivity (Wildman–Crippen MR) is 78.2 cm³/mol. The first-order chi connectivity index (χ1) is 9.27. The Morgan fingerprint density at radius 1 is 1.42 bits per heavy atom. The van der Waals surface area contributed by atoms with Gasteiger partial charge in [0.1, 0.15) is 0 Å². The third-order valence-corrected chi connectivity index (χ3v) is 4.29. The average molecular weight is 276 g/mol. The standard InChI is InChI=1S/C15H18ClN3/c1-11-13(16)5-2-6-14(11)19-10-18-9-15(19)12-4-3-7-17-8-12/h2,5-6,9-10,12,17H,3-4,7-8H2,1H3. The van der Waals surface area contributed by atoms with E-state index >= 15 is 0 Å². The number of benzene rings is 1. The SMILES string of the molecule is Cc1c(Cl)cccc1-n1cncc1C1CCCNC1. The lowest BCUT2D eigenvalue weighted by atomic mass is 9.96. The first kappa shape index (κ1) is 12.7. The first-order valence-electron chi connectivity index (χ1n) is 6.76. The van der Waals surface area contributed by atoms with Crippen molar-refractivity contribution in [2.75, 3.05) is 13.1 Å². The molecule has 0 aliphatic carbocycles. The van der Waals surface area contributed by atoms with E-state index in [9.17, 15) is 0 Å². The number of hydrogen-bond donors (Lipinski definition) is 1. The summed E-state index contributed by atoms with van der Waals surface area (Å²) < 4.78 is 2.18. The second-order valence-electron chi connectivity index (χ2n) is 5.12. The number of aromatic nitrogens is 2. The second kappa shape index (κ2) is 5.35. The number of nitrogens with zero attached hydrogens (tertiary/aromatic N) is 2. The number of nitrogens with one attached hydrogen (secondary N) is 1. The van der Waals surface area contributed by atoms with Gasteiger partial charge in [0.25, 0.3) is 0 Å². The summed E-state index contributed by atoms with van der Waals surface area (Å²) in [6, 6.07) is 6.02. The molecule has 1 saturated heterocycles.